The van der Waals surface area contributed by atoms with Gasteiger partial charge in [-0.15, -0.1) is 0 Å². The average molecular weight is 328 g/mol. The number of aryl methyl sites for hydroxylation is 1. The second-order valence-electron chi connectivity index (χ2n) is 5.19. The lowest BCUT2D eigenvalue weighted by Gasteiger charge is -2.29. The van der Waals surface area contributed by atoms with Gasteiger partial charge in [-0.2, -0.15) is 0 Å². The molecule has 122 valence electrons. The summed E-state index contributed by atoms with van der Waals surface area (Å²) in [5, 5.41) is 0. The van der Waals surface area contributed by atoms with E-state index in [0.29, 0.717) is 12.3 Å². The number of carbonyl (C=O) groups excluding carboxylic acids is 1. The number of sulfonamides is 1. The highest BCUT2D eigenvalue weighted by Gasteiger charge is 2.25. The summed E-state index contributed by atoms with van der Waals surface area (Å²) in [4.78, 5) is 13.0. The molecule has 0 aliphatic carbocycles. The summed E-state index contributed by atoms with van der Waals surface area (Å²) in [5.74, 6) is 0.527. The van der Waals surface area contributed by atoms with Crippen molar-refractivity contribution in [1.82, 2.24) is 9.62 Å². The lowest BCUT2D eigenvalue weighted by molar-refractivity contribution is -0.146. The van der Waals surface area contributed by atoms with E-state index in [2.05, 4.69) is 4.72 Å². The van der Waals surface area contributed by atoms with Crippen molar-refractivity contribution in [3.8, 4) is 5.75 Å². The summed E-state index contributed by atoms with van der Waals surface area (Å²) in [5.41, 5.74) is 0.740. The quantitative estimate of drug-likeness (QED) is 0.831. The van der Waals surface area contributed by atoms with Crippen LogP contribution in [0.4, 0.5) is 0 Å². The highest BCUT2D eigenvalue weighted by atomic mass is 32.2. The zero-order valence-electron chi connectivity index (χ0n) is 12.8. The number of methoxy groups -OCH3 is 1. The molecule has 1 aliphatic heterocycles. The number of benzene rings is 1. The first kappa shape index (κ1) is 16.7. The Hall–Kier alpha value is -1.64. The van der Waals surface area contributed by atoms with Crippen LogP contribution in [0.15, 0.2) is 23.1 Å². The molecule has 0 bridgehead atoms. The summed E-state index contributed by atoms with van der Waals surface area (Å²) in [7, 11) is -0.427. The van der Waals surface area contributed by atoms with Gasteiger partial charge in [0.1, 0.15) is 12.4 Å². The molecule has 1 amide bonds. The Morgan fingerprint density at radius 3 is 2.77 bits per heavy atom. The van der Waals surface area contributed by atoms with Gasteiger partial charge in [-0.3, -0.25) is 4.79 Å². The Morgan fingerprint density at radius 1 is 1.45 bits per heavy atom. The Morgan fingerprint density at radius 2 is 2.18 bits per heavy atom. The Bertz CT molecular complexity index is 659. The van der Waals surface area contributed by atoms with E-state index >= 15 is 0 Å². The first-order valence-corrected chi connectivity index (χ1v) is 8.31. The molecule has 0 saturated carbocycles. The van der Waals surface area contributed by atoms with E-state index in [0.717, 1.165) is 5.56 Å². The Balaban J connectivity index is 2.02. The summed E-state index contributed by atoms with van der Waals surface area (Å²) in [6.07, 6.45) is -0.350. The van der Waals surface area contributed by atoms with Gasteiger partial charge >= 0.3 is 0 Å². The highest BCUT2D eigenvalue weighted by molar-refractivity contribution is 7.89. The second-order valence-corrected chi connectivity index (χ2v) is 6.96. The maximum Gasteiger partial charge on any atom is 0.248 e. The number of ether oxygens (including phenoxy) is 2. The molecule has 7 nitrogen and oxygen atoms in total. The summed E-state index contributed by atoms with van der Waals surface area (Å²) >= 11 is 0. The number of nitrogens with one attached hydrogen (secondary N) is 1. The van der Waals surface area contributed by atoms with Crippen molar-refractivity contribution < 1.29 is 22.7 Å². The van der Waals surface area contributed by atoms with Crippen LogP contribution in [0.1, 0.15) is 5.56 Å². The molecule has 0 spiro atoms. The van der Waals surface area contributed by atoms with Crippen molar-refractivity contribution in [2.75, 3.05) is 33.9 Å². The van der Waals surface area contributed by atoms with Gasteiger partial charge in [-0.1, -0.05) is 0 Å². The van der Waals surface area contributed by atoms with E-state index in [1.54, 1.807) is 26.1 Å². The van der Waals surface area contributed by atoms with Crippen LogP contribution in [0, 0.1) is 6.92 Å². The van der Waals surface area contributed by atoms with Crippen LogP contribution in [0.2, 0.25) is 0 Å². The van der Waals surface area contributed by atoms with Crippen LogP contribution >= 0.6 is 0 Å². The van der Waals surface area contributed by atoms with Crippen LogP contribution in [0.25, 0.3) is 0 Å². The van der Waals surface area contributed by atoms with Crippen LogP contribution in [0.5, 0.6) is 5.75 Å². The van der Waals surface area contributed by atoms with Gasteiger partial charge < -0.3 is 14.4 Å². The van der Waals surface area contributed by atoms with E-state index in [4.69, 9.17) is 9.47 Å². The second kappa shape index (κ2) is 6.64. The van der Waals surface area contributed by atoms with Gasteiger partial charge in [0.25, 0.3) is 0 Å². The molecule has 22 heavy (non-hydrogen) atoms. The van der Waals surface area contributed by atoms with Crippen LogP contribution < -0.4 is 9.46 Å². The number of carbonyl (C=O) groups is 1. The van der Waals surface area contributed by atoms with Gasteiger partial charge in [0.15, 0.2) is 0 Å². The predicted molar refractivity (Wildman–Crippen MR) is 80.3 cm³/mol. The standard InChI is InChI=1S/C14H20N2O5S/c1-10-6-12(4-5-13(10)20-3)22(18,19)15-7-11-8-16(2)14(17)9-21-11/h4-6,11,15H,7-9H2,1-3H3. The molecule has 1 heterocycles. The lowest BCUT2D eigenvalue weighted by atomic mass is 10.2. The van der Waals surface area contributed by atoms with Crippen LogP contribution in [-0.4, -0.2) is 59.2 Å². The van der Waals surface area contributed by atoms with Gasteiger partial charge in [0.2, 0.25) is 15.9 Å². The zero-order chi connectivity index (χ0) is 16.3. The molecular formula is C14H20N2O5S. The normalized spacial score (nSPS) is 19.3. The van der Waals surface area contributed by atoms with Gasteiger partial charge in [0, 0.05) is 20.1 Å². The number of hydrogen-bond acceptors (Lipinski definition) is 5. The minimum absolute atomic E-state index is 0.0233. The zero-order valence-corrected chi connectivity index (χ0v) is 13.6. The molecule has 0 aromatic heterocycles. The van der Waals surface area contributed by atoms with E-state index < -0.39 is 10.0 Å². The molecule has 2 rings (SSSR count). The van der Waals surface area contributed by atoms with E-state index in [1.165, 1.54) is 18.1 Å². The fourth-order valence-electron chi connectivity index (χ4n) is 2.19. The van der Waals surface area contributed by atoms with Crippen molar-refractivity contribution in [2.45, 2.75) is 17.9 Å². The number of likely N-dealkylation sites (N-methyl/N-ethyl adjacent to an activating group) is 1. The van der Waals surface area contributed by atoms with Gasteiger partial charge in [-0.05, 0) is 30.7 Å². The number of amides is 1. The fraction of sp³-hybridized carbons (Fsp3) is 0.500. The van der Waals surface area contributed by atoms with Gasteiger partial charge in [0.05, 0.1) is 18.1 Å². The summed E-state index contributed by atoms with van der Waals surface area (Å²) < 4.78 is 37.5. The Kier molecular flexibility index (Phi) is 5.05. The first-order valence-electron chi connectivity index (χ1n) is 6.83. The average Bonchev–Trinajstić information content (AvgIpc) is 2.48. The van der Waals surface area contributed by atoms with E-state index in [-0.39, 0.29) is 30.1 Å². The number of hydrogen-bond donors (Lipinski definition) is 1. The minimum atomic E-state index is -3.63. The molecule has 1 aromatic carbocycles. The van der Waals surface area contributed by atoms with Crippen molar-refractivity contribution in [3.63, 3.8) is 0 Å². The fourth-order valence-corrected chi connectivity index (χ4v) is 3.34. The van der Waals surface area contributed by atoms with E-state index in [1.807, 2.05) is 0 Å². The first-order chi connectivity index (χ1) is 10.3. The molecular weight excluding hydrogens is 308 g/mol. The largest absolute Gasteiger partial charge is 0.496 e. The monoisotopic (exact) mass is 328 g/mol. The maximum atomic E-state index is 12.3. The molecule has 1 saturated heterocycles. The number of rotatable bonds is 5. The minimum Gasteiger partial charge on any atom is -0.496 e. The smallest absolute Gasteiger partial charge is 0.248 e. The molecule has 8 heteroatoms. The topological polar surface area (TPSA) is 84.9 Å². The molecule has 1 atom stereocenters. The van der Waals surface area contributed by atoms with Crippen molar-refractivity contribution in [3.05, 3.63) is 23.8 Å². The third kappa shape index (κ3) is 3.76. The van der Waals surface area contributed by atoms with Crippen LogP contribution in [-0.2, 0) is 19.6 Å². The third-order valence-corrected chi connectivity index (χ3v) is 4.94. The number of nitrogens with zero attached hydrogens (tertiary/aromatic N) is 1. The Labute approximate surface area is 130 Å². The number of morpholine rings is 1. The van der Waals surface area contributed by atoms with Crippen molar-refractivity contribution in [2.24, 2.45) is 0 Å². The molecule has 1 N–H and O–H groups in total. The summed E-state index contributed by atoms with van der Waals surface area (Å²) in [6, 6.07) is 4.66. The van der Waals surface area contributed by atoms with E-state index in [9.17, 15) is 13.2 Å². The van der Waals surface area contributed by atoms with Crippen molar-refractivity contribution >= 4 is 15.9 Å². The van der Waals surface area contributed by atoms with Crippen LogP contribution in [0.3, 0.4) is 0 Å². The molecule has 1 aliphatic rings. The summed E-state index contributed by atoms with van der Waals surface area (Å²) in [6.45, 7) is 2.24. The van der Waals surface area contributed by atoms with Gasteiger partial charge in [-0.25, -0.2) is 13.1 Å². The third-order valence-electron chi connectivity index (χ3n) is 3.52. The lowest BCUT2D eigenvalue weighted by Crippen LogP contribution is -2.48. The molecule has 1 unspecified atom stereocenters. The SMILES string of the molecule is COc1ccc(S(=O)(=O)NCC2CN(C)C(=O)CO2)cc1C. The molecule has 0 radical (unpaired) electrons. The maximum absolute atomic E-state index is 12.3. The highest BCUT2D eigenvalue weighted by Crippen LogP contribution is 2.21. The predicted octanol–water partition coefficient (Wildman–Crippen LogP) is 0.139. The molecule has 1 aromatic rings. The molecule has 1 fully saturated rings. The van der Waals surface area contributed by atoms with Crippen molar-refractivity contribution in [1.29, 1.82) is 0 Å².